The van der Waals surface area contributed by atoms with E-state index in [-0.39, 0.29) is 11.9 Å². The topological polar surface area (TPSA) is 45.7 Å². The van der Waals surface area contributed by atoms with E-state index in [1.165, 1.54) is 38.5 Å². The predicted octanol–water partition coefficient (Wildman–Crippen LogP) is 2.55. The Hall–Kier alpha value is -1.35. The summed E-state index contributed by atoms with van der Waals surface area (Å²) in [6.07, 6.45) is 8.37. The third kappa shape index (κ3) is 2.67. The second-order valence-electron chi connectivity index (χ2n) is 8.09. The number of rotatable bonds is 4. The van der Waals surface area contributed by atoms with Crippen LogP contribution in [-0.4, -0.2) is 17.5 Å². The van der Waals surface area contributed by atoms with Gasteiger partial charge >= 0.3 is 0 Å². The van der Waals surface area contributed by atoms with Crippen molar-refractivity contribution < 1.29 is 10.1 Å². The number of nitrogens with two attached hydrogens (primary N) is 1. The Bertz CT molecular complexity index is 519. The van der Waals surface area contributed by atoms with E-state index in [1.807, 2.05) is 30.3 Å². The van der Waals surface area contributed by atoms with Crippen molar-refractivity contribution in [3.8, 4) is 0 Å². The van der Waals surface area contributed by atoms with E-state index in [4.69, 9.17) is 0 Å². The fourth-order valence-corrected chi connectivity index (χ4v) is 5.77. The number of nitrogens with one attached hydrogen (secondary N) is 1. The largest absolute Gasteiger partial charge is 0.331 e. The Labute approximate surface area is 132 Å². The molecule has 0 spiro atoms. The lowest BCUT2D eigenvalue weighted by Gasteiger charge is -2.55. The van der Waals surface area contributed by atoms with Crippen LogP contribution in [0.1, 0.15) is 45.4 Å². The third-order valence-electron chi connectivity index (χ3n) is 6.14. The van der Waals surface area contributed by atoms with Crippen LogP contribution in [0.25, 0.3) is 0 Å². The lowest BCUT2D eigenvalue weighted by atomic mass is 9.53. The molecule has 1 amide bonds. The Morgan fingerprint density at radius 3 is 2.18 bits per heavy atom. The van der Waals surface area contributed by atoms with Crippen molar-refractivity contribution in [3.63, 3.8) is 0 Å². The molecule has 0 aliphatic heterocycles. The summed E-state index contributed by atoms with van der Waals surface area (Å²) in [4.78, 5) is 12.5. The average molecular weight is 299 g/mol. The van der Waals surface area contributed by atoms with Gasteiger partial charge in [-0.05, 0) is 56.1 Å². The molecule has 118 valence electrons. The predicted molar refractivity (Wildman–Crippen MR) is 87.4 cm³/mol. The van der Waals surface area contributed by atoms with Gasteiger partial charge in [-0.1, -0.05) is 18.2 Å². The molecule has 0 saturated heterocycles. The van der Waals surface area contributed by atoms with Crippen molar-refractivity contribution in [1.82, 2.24) is 0 Å². The second kappa shape index (κ2) is 5.38. The van der Waals surface area contributed by atoms with E-state index in [0.717, 1.165) is 23.4 Å². The van der Waals surface area contributed by atoms with Crippen LogP contribution in [0, 0.1) is 17.8 Å². The molecule has 0 radical (unpaired) electrons. The summed E-state index contributed by atoms with van der Waals surface area (Å²) in [6, 6.07) is 9.80. The van der Waals surface area contributed by atoms with Crippen molar-refractivity contribution >= 4 is 11.6 Å². The zero-order valence-corrected chi connectivity index (χ0v) is 13.4. The summed E-state index contributed by atoms with van der Waals surface area (Å²) in [6.45, 7) is 2.07. The summed E-state index contributed by atoms with van der Waals surface area (Å²) >= 11 is 0. The molecule has 0 heterocycles. The highest BCUT2D eigenvalue weighted by Gasteiger charge is 2.54. The molecular formula is C19H27N2O+. The molecule has 3 heteroatoms. The first-order valence-electron chi connectivity index (χ1n) is 8.84. The van der Waals surface area contributed by atoms with Gasteiger partial charge in [0, 0.05) is 24.9 Å². The van der Waals surface area contributed by atoms with Gasteiger partial charge in [0.25, 0.3) is 5.91 Å². The molecule has 4 aliphatic carbocycles. The highest BCUT2D eigenvalue weighted by Crippen LogP contribution is 2.54. The molecule has 0 aromatic heterocycles. The molecule has 3 nitrogen and oxygen atoms in total. The molecule has 1 atom stereocenters. The first-order chi connectivity index (χ1) is 10.6. The van der Waals surface area contributed by atoms with Crippen molar-refractivity contribution in [2.24, 2.45) is 17.8 Å². The molecule has 22 heavy (non-hydrogen) atoms. The zero-order valence-electron chi connectivity index (χ0n) is 13.4. The molecular weight excluding hydrogens is 272 g/mol. The maximum absolute atomic E-state index is 12.5. The molecule has 1 aromatic carbocycles. The summed E-state index contributed by atoms with van der Waals surface area (Å²) in [5.41, 5.74) is 1.26. The molecule has 4 fully saturated rings. The van der Waals surface area contributed by atoms with Crippen LogP contribution in [-0.2, 0) is 4.79 Å². The number of amides is 1. The van der Waals surface area contributed by atoms with Crippen LogP contribution < -0.4 is 10.6 Å². The Balaban J connectivity index is 1.41. The molecule has 0 unspecified atom stereocenters. The van der Waals surface area contributed by atoms with Gasteiger partial charge in [-0.25, -0.2) is 0 Å². The van der Waals surface area contributed by atoms with Crippen LogP contribution in [0.5, 0.6) is 0 Å². The lowest BCUT2D eigenvalue weighted by molar-refractivity contribution is -0.754. The fourth-order valence-electron chi connectivity index (χ4n) is 5.77. The van der Waals surface area contributed by atoms with Gasteiger partial charge in [0.05, 0.1) is 5.54 Å². The van der Waals surface area contributed by atoms with E-state index in [9.17, 15) is 4.79 Å². The van der Waals surface area contributed by atoms with Crippen LogP contribution in [0.4, 0.5) is 5.69 Å². The highest BCUT2D eigenvalue weighted by molar-refractivity contribution is 5.93. The summed E-state index contributed by atoms with van der Waals surface area (Å²) in [5, 5.41) is 5.47. The Morgan fingerprint density at radius 1 is 1.09 bits per heavy atom. The normalized spacial score (nSPS) is 37.0. The van der Waals surface area contributed by atoms with Gasteiger partial charge in [0.15, 0.2) is 6.04 Å². The van der Waals surface area contributed by atoms with Crippen molar-refractivity contribution in [2.75, 3.05) is 5.32 Å². The molecule has 3 N–H and O–H groups in total. The van der Waals surface area contributed by atoms with Crippen LogP contribution in [0.15, 0.2) is 30.3 Å². The average Bonchev–Trinajstić information content (AvgIpc) is 2.46. The Kier molecular flexibility index (Phi) is 3.48. The SMILES string of the molecule is C[C@H]([NH2+]C12CC3CC(CC(C3)C1)C2)C(=O)Nc1ccccc1. The molecule has 4 bridgehead atoms. The third-order valence-corrected chi connectivity index (χ3v) is 6.14. The second-order valence-corrected chi connectivity index (χ2v) is 8.09. The van der Waals surface area contributed by atoms with E-state index in [1.54, 1.807) is 0 Å². The monoisotopic (exact) mass is 299 g/mol. The maximum atomic E-state index is 12.5. The standard InChI is InChI=1S/C19H26N2O/c1-13(18(22)20-17-5-3-2-4-6-17)21-19-10-14-7-15(11-19)9-16(8-14)12-19/h2-6,13-16,21H,7-12H2,1H3,(H,20,22)/p+1/t13-,14?,15?,16?,19?/m0/s1. The van der Waals surface area contributed by atoms with Gasteiger partial charge in [-0.15, -0.1) is 0 Å². The minimum Gasteiger partial charge on any atom is -0.331 e. The number of hydrogen-bond acceptors (Lipinski definition) is 1. The number of hydrogen-bond donors (Lipinski definition) is 2. The van der Waals surface area contributed by atoms with Crippen LogP contribution in [0.2, 0.25) is 0 Å². The minimum absolute atomic E-state index is 0.00328. The van der Waals surface area contributed by atoms with Crippen LogP contribution in [0.3, 0.4) is 0 Å². The molecule has 5 rings (SSSR count). The van der Waals surface area contributed by atoms with Gasteiger partial charge in [0.2, 0.25) is 0 Å². The van der Waals surface area contributed by atoms with E-state index >= 15 is 0 Å². The zero-order chi connectivity index (χ0) is 15.2. The maximum Gasteiger partial charge on any atom is 0.282 e. The van der Waals surface area contributed by atoms with E-state index in [0.29, 0.717) is 5.54 Å². The lowest BCUT2D eigenvalue weighted by Crippen LogP contribution is -3.03. The van der Waals surface area contributed by atoms with Crippen molar-refractivity contribution in [2.45, 2.75) is 57.0 Å². The number of para-hydroxylation sites is 1. The van der Waals surface area contributed by atoms with E-state index in [2.05, 4.69) is 17.6 Å². The number of benzene rings is 1. The first kappa shape index (κ1) is 14.3. The van der Waals surface area contributed by atoms with Crippen molar-refractivity contribution in [1.29, 1.82) is 0 Å². The smallest absolute Gasteiger partial charge is 0.282 e. The molecule has 4 aliphatic rings. The van der Waals surface area contributed by atoms with Crippen LogP contribution >= 0.6 is 0 Å². The van der Waals surface area contributed by atoms with Crippen molar-refractivity contribution in [3.05, 3.63) is 30.3 Å². The number of carbonyl (C=O) groups excluding carboxylic acids is 1. The van der Waals surface area contributed by atoms with Gasteiger partial charge in [-0.2, -0.15) is 0 Å². The van der Waals surface area contributed by atoms with Gasteiger partial charge in [0.1, 0.15) is 0 Å². The van der Waals surface area contributed by atoms with Gasteiger partial charge < -0.3 is 10.6 Å². The summed E-state index contributed by atoms with van der Waals surface area (Å²) in [5.74, 6) is 2.95. The minimum atomic E-state index is -0.00328. The number of anilines is 1. The quantitative estimate of drug-likeness (QED) is 0.882. The molecule has 4 saturated carbocycles. The fraction of sp³-hybridized carbons (Fsp3) is 0.632. The molecule has 1 aromatic rings. The highest BCUT2D eigenvalue weighted by atomic mass is 16.2. The summed E-state index contributed by atoms with van der Waals surface area (Å²) < 4.78 is 0. The first-order valence-corrected chi connectivity index (χ1v) is 8.84. The van der Waals surface area contributed by atoms with E-state index < -0.39 is 0 Å². The number of carbonyl (C=O) groups is 1. The summed E-state index contributed by atoms with van der Waals surface area (Å²) in [7, 11) is 0. The Morgan fingerprint density at radius 2 is 1.64 bits per heavy atom. The van der Waals surface area contributed by atoms with Gasteiger partial charge in [-0.3, -0.25) is 4.79 Å². The number of quaternary nitrogens is 1.